The molecule has 1 saturated carbocycles. The molecule has 1 atom stereocenters. The number of nitrogens with two attached hydrogens (primary N) is 1. The third-order valence-electron chi connectivity index (χ3n) is 5.32. The minimum Gasteiger partial charge on any atom is -0.496 e. The van der Waals surface area contributed by atoms with E-state index in [4.69, 9.17) is 26.8 Å². The van der Waals surface area contributed by atoms with Crippen LogP contribution in [0.2, 0.25) is 5.02 Å². The van der Waals surface area contributed by atoms with E-state index >= 15 is 0 Å². The molecule has 0 radical (unpaired) electrons. The van der Waals surface area contributed by atoms with Gasteiger partial charge in [0.2, 0.25) is 0 Å². The number of benzene rings is 1. The molecule has 1 aliphatic heterocycles. The van der Waals surface area contributed by atoms with E-state index in [1.165, 1.54) is 39.2 Å². The Labute approximate surface area is 160 Å². The molecule has 3 N–H and O–H groups in total. The van der Waals surface area contributed by atoms with Crippen molar-refractivity contribution in [3.05, 3.63) is 22.7 Å². The number of hydrogen-bond acceptors (Lipinski definition) is 5. The Bertz CT molecular complexity index is 635. The van der Waals surface area contributed by atoms with E-state index in [2.05, 4.69) is 10.2 Å². The summed E-state index contributed by atoms with van der Waals surface area (Å²) < 4.78 is 11.1. The van der Waals surface area contributed by atoms with E-state index in [0.717, 1.165) is 13.1 Å². The van der Waals surface area contributed by atoms with Gasteiger partial charge in [0, 0.05) is 31.7 Å². The molecule has 3 rings (SSSR count). The highest BCUT2D eigenvalue weighted by Crippen LogP contribution is 2.29. The standard InChI is InChI=1S/C19H28ClN3O3/c1-25-18-10-17(21)16(20)9-15(18)19(24)22-11-14-12-23(7-8-26-14)13-5-3-2-4-6-13/h9-10,13-14H,2-8,11-12,21H2,1H3,(H,22,24). The van der Waals surface area contributed by atoms with E-state index < -0.39 is 0 Å². The molecule has 0 spiro atoms. The molecule has 1 saturated heterocycles. The number of morpholine rings is 1. The van der Waals surface area contributed by atoms with Gasteiger partial charge in [-0.1, -0.05) is 30.9 Å². The molecule has 6 nitrogen and oxygen atoms in total. The average molecular weight is 382 g/mol. The van der Waals surface area contributed by atoms with Crippen molar-refractivity contribution in [2.75, 3.05) is 39.1 Å². The summed E-state index contributed by atoms with van der Waals surface area (Å²) in [5.74, 6) is 0.180. The van der Waals surface area contributed by atoms with Crippen molar-refractivity contribution < 1.29 is 14.3 Å². The van der Waals surface area contributed by atoms with Crippen LogP contribution in [0.25, 0.3) is 0 Å². The summed E-state index contributed by atoms with van der Waals surface area (Å²) in [7, 11) is 1.51. The Morgan fingerprint density at radius 2 is 2.15 bits per heavy atom. The van der Waals surface area contributed by atoms with E-state index in [9.17, 15) is 4.79 Å². The van der Waals surface area contributed by atoms with Crippen molar-refractivity contribution in [2.45, 2.75) is 44.2 Å². The van der Waals surface area contributed by atoms with Gasteiger partial charge in [0.15, 0.2) is 0 Å². The third-order valence-corrected chi connectivity index (χ3v) is 5.64. The molecule has 2 fully saturated rings. The smallest absolute Gasteiger partial charge is 0.255 e. The lowest BCUT2D eigenvalue weighted by Crippen LogP contribution is -2.51. The summed E-state index contributed by atoms with van der Waals surface area (Å²) in [5.41, 5.74) is 6.54. The van der Waals surface area contributed by atoms with Gasteiger partial charge in [-0.05, 0) is 18.9 Å². The maximum absolute atomic E-state index is 12.6. The van der Waals surface area contributed by atoms with Crippen molar-refractivity contribution in [1.29, 1.82) is 0 Å². The number of ether oxygens (including phenoxy) is 2. The second-order valence-corrected chi connectivity index (χ2v) is 7.47. The topological polar surface area (TPSA) is 76.8 Å². The Morgan fingerprint density at radius 3 is 2.88 bits per heavy atom. The van der Waals surface area contributed by atoms with Crippen LogP contribution in [-0.4, -0.2) is 56.3 Å². The summed E-state index contributed by atoms with van der Waals surface area (Å²) >= 11 is 6.05. The van der Waals surface area contributed by atoms with Crippen molar-refractivity contribution >= 4 is 23.2 Å². The molecule has 0 aromatic heterocycles. The molecule has 7 heteroatoms. The third kappa shape index (κ3) is 4.61. The first-order chi connectivity index (χ1) is 12.6. The summed E-state index contributed by atoms with van der Waals surface area (Å²) in [6, 6.07) is 3.78. The summed E-state index contributed by atoms with van der Waals surface area (Å²) in [6.45, 7) is 3.03. The fourth-order valence-electron chi connectivity index (χ4n) is 3.86. The highest BCUT2D eigenvalue weighted by atomic mass is 35.5. The number of halogens is 1. The van der Waals surface area contributed by atoms with Crippen LogP contribution >= 0.6 is 11.6 Å². The number of hydrogen-bond donors (Lipinski definition) is 2. The average Bonchev–Trinajstić information content (AvgIpc) is 2.68. The van der Waals surface area contributed by atoms with Crippen LogP contribution in [0.3, 0.4) is 0 Å². The second kappa shape index (κ2) is 8.93. The summed E-state index contributed by atoms with van der Waals surface area (Å²) in [4.78, 5) is 15.1. The maximum Gasteiger partial charge on any atom is 0.255 e. The van der Waals surface area contributed by atoms with E-state index in [0.29, 0.717) is 41.2 Å². The number of nitrogens with zero attached hydrogens (tertiary/aromatic N) is 1. The Kier molecular flexibility index (Phi) is 6.62. The van der Waals surface area contributed by atoms with E-state index in [1.807, 2.05) is 0 Å². The van der Waals surface area contributed by atoms with Gasteiger partial charge in [0.05, 0.1) is 36.1 Å². The SMILES string of the molecule is COc1cc(N)c(Cl)cc1C(=O)NCC1CN(C2CCCCC2)CCO1. The molecule has 26 heavy (non-hydrogen) atoms. The zero-order valence-corrected chi connectivity index (χ0v) is 16.1. The maximum atomic E-state index is 12.6. The fraction of sp³-hybridized carbons (Fsp3) is 0.632. The van der Waals surface area contributed by atoms with Crippen molar-refractivity contribution in [3.63, 3.8) is 0 Å². The lowest BCUT2D eigenvalue weighted by atomic mass is 9.93. The molecule has 0 bridgehead atoms. The first-order valence-corrected chi connectivity index (χ1v) is 9.73. The normalized spacial score (nSPS) is 22.2. The minimum absolute atomic E-state index is 0.00451. The predicted octanol–water partition coefficient (Wildman–Crippen LogP) is 2.69. The zero-order chi connectivity index (χ0) is 18.5. The van der Waals surface area contributed by atoms with Crippen LogP contribution in [0, 0.1) is 0 Å². The molecule has 1 unspecified atom stereocenters. The zero-order valence-electron chi connectivity index (χ0n) is 15.3. The number of nitrogens with one attached hydrogen (secondary N) is 1. The number of carbonyl (C=O) groups excluding carboxylic acids is 1. The minimum atomic E-state index is -0.234. The lowest BCUT2D eigenvalue weighted by Gasteiger charge is -2.40. The number of anilines is 1. The van der Waals surface area contributed by atoms with Gasteiger partial charge in [0.1, 0.15) is 5.75 Å². The lowest BCUT2D eigenvalue weighted by molar-refractivity contribution is -0.0460. The second-order valence-electron chi connectivity index (χ2n) is 7.06. The molecular formula is C19H28ClN3O3. The molecule has 1 aromatic rings. The highest BCUT2D eigenvalue weighted by Gasteiger charge is 2.28. The summed E-state index contributed by atoms with van der Waals surface area (Å²) in [6.07, 6.45) is 6.56. The Hall–Kier alpha value is -1.50. The Morgan fingerprint density at radius 1 is 1.38 bits per heavy atom. The first kappa shape index (κ1) is 19.3. The predicted molar refractivity (Wildman–Crippen MR) is 103 cm³/mol. The van der Waals surface area contributed by atoms with Crippen LogP contribution in [0.15, 0.2) is 12.1 Å². The van der Waals surface area contributed by atoms with Crippen molar-refractivity contribution in [3.8, 4) is 5.75 Å². The number of methoxy groups -OCH3 is 1. The summed E-state index contributed by atoms with van der Waals surface area (Å²) in [5, 5.41) is 3.28. The number of rotatable bonds is 5. The first-order valence-electron chi connectivity index (χ1n) is 9.35. The van der Waals surface area contributed by atoms with Gasteiger partial charge in [-0.15, -0.1) is 0 Å². The molecular weight excluding hydrogens is 354 g/mol. The van der Waals surface area contributed by atoms with Crippen LogP contribution in [-0.2, 0) is 4.74 Å². The highest BCUT2D eigenvalue weighted by molar-refractivity contribution is 6.33. The van der Waals surface area contributed by atoms with Crippen LogP contribution in [0.1, 0.15) is 42.5 Å². The van der Waals surface area contributed by atoms with Crippen LogP contribution in [0.5, 0.6) is 5.75 Å². The molecule has 2 aliphatic rings. The molecule has 1 aromatic carbocycles. The number of nitrogen functional groups attached to an aromatic ring is 1. The van der Waals surface area contributed by atoms with Crippen molar-refractivity contribution in [1.82, 2.24) is 10.2 Å². The van der Waals surface area contributed by atoms with Gasteiger partial charge in [-0.3, -0.25) is 9.69 Å². The van der Waals surface area contributed by atoms with Gasteiger partial charge < -0.3 is 20.5 Å². The van der Waals surface area contributed by atoms with Crippen LogP contribution in [0.4, 0.5) is 5.69 Å². The molecule has 1 heterocycles. The molecule has 1 aliphatic carbocycles. The monoisotopic (exact) mass is 381 g/mol. The largest absolute Gasteiger partial charge is 0.496 e. The van der Waals surface area contributed by atoms with Gasteiger partial charge in [0.25, 0.3) is 5.91 Å². The van der Waals surface area contributed by atoms with Gasteiger partial charge >= 0.3 is 0 Å². The van der Waals surface area contributed by atoms with Crippen LogP contribution < -0.4 is 15.8 Å². The van der Waals surface area contributed by atoms with E-state index in [-0.39, 0.29) is 12.0 Å². The molecule has 1 amide bonds. The van der Waals surface area contributed by atoms with Gasteiger partial charge in [-0.2, -0.15) is 0 Å². The van der Waals surface area contributed by atoms with Crippen molar-refractivity contribution in [2.24, 2.45) is 0 Å². The number of amides is 1. The Balaban J connectivity index is 1.56. The quantitative estimate of drug-likeness (QED) is 0.767. The molecule has 144 valence electrons. The number of carbonyl (C=O) groups is 1. The van der Waals surface area contributed by atoms with E-state index in [1.54, 1.807) is 12.1 Å². The fourth-order valence-corrected chi connectivity index (χ4v) is 4.02. The van der Waals surface area contributed by atoms with Gasteiger partial charge in [-0.25, -0.2) is 0 Å².